The molecular formula is C24H19ClN2O5. The van der Waals surface area contributed by atoms with Gasteiger partial charge in [-0.05, 0) is 24.6 Å². The molecule has 0 fully saturated rings. The second-order valence-corrected chi connectivity index (χ2v) is 7.64. The number of rotatable bonds is 5. The molecule has 1 N–H and O–H groups in total. The molecule has 162 valence electrons. The van der Waals surface area contributed by atoms with E-state index in [4.69, 9.17) is 31.1 Å². The Balaban J connectivity index is 1.94. The lowest BCUT2D eigenvalue weighted by molar-refractivity contribution is -0.136. The zero-order chi connectivity index (χ0) is 23.0. The fourth-order valence-electron chi connectivity index (χ4n) is 4.19. The van der Waals surface area contributed by atoms with Crippen molar-refractivity contribution in [3.05, 3.63) is 75.0 Å². The molecular weight excluding hydrogens is 432 g/mol. The second-order valence-electron chi connectivity index (χ2n) is 7.23. The summed E-state index contributed by atoms with van der Waals surface area (Å²) < 4.78 is 15.9. The molecule has 0 radical (unpaired) electrons. The molecule has 2 aromatic rings. The number of fused-ring (bicyclic) bond motifs is 2. The summed E-state index contributed by atoms with van der Waals surface area (Å²) in [6, 6.07) is 12.4. The molecule has 0 bridgehead atoms. The van der Waals surface area contributed by atoms with E-state index in [1.54, 1.807) is 31.2 Å². The number of ether oxygens (including phenoxy) is 3. The summed E-state index contributed by atoms with van der Waals surface area (Å²) in [5.74, 6) is -0.982. The first-order chi connectivity index (χ1) is 15.4. The van der Waals surface area contributed by atoms with Gasteiger partial charge in [-0.15, -0.1) is 0 Å². The molecule has 1 atom stereocenters. The third-order valence-corrected chi connectivity index (χ3v) is 5.80. The van der Waals surface area contributed by atoms with E-state index in [0.717, 1.165) is 5.56 Å². The van der Waals surface area contributed by atoms with Gasteiger partial charge in [-0.2, -0.15) is 5.26 Å². The topological polar surface area (TPSA) is 97.6 Å². The van der Waals surface area contributed by atoms with Crippen molar-refractivity contribution in [3.8, 4) is 17.6 Å². The summed E-state index contributed by atoms with van der Waals surface area (Å²) in [4.78, 5) is 26.2. The third kappa shape index (κ3) is 3.29. The van der Waals surface area contributed by atoms with Crippen molar-refractivity contribution in [2.24, 2.45) is 0 Å². The zero-order valence-electron chi connectivity index (χ0n) is 17.6. The highest BCUT2D eigenvalue weighted by Gasteiger charge is 2.43. The van der Waals surface area contributed by atoms with Crippen LogP contribution in [0.5, 0.6) is 11.5 Å². The summed E-state index contributed by atoms with van der Waals surface area (Å²) in [6.45, 7) is 1.55. The van der Waals surface area contributed by atoms with Crippen molar-refractivity contribution >= 4 is 29.1 Å². The van der Waals surface area contributed by atoms with Gasteiger partial charge in [0.05, 0.1) is 30.5 Å². The predicted molar refractivity (Wildman–Crippen MR) is 117 cm³/mol. The minimum atomic E-state index is -0.741. The Bertz CT molecular complexity index is 1260. The van der Waals surface area contributed by atoms with E-state index >= 15 is 0 Å². The maximum absolute atomic E-state index is 13.4. The van der Waals surface area contributed by atoms with Gasteiger partial charge in [-0.1, -0.05) is 35.9 Å². The molecule has 1 aliphatic carbocycles. The maximum atomic E-state index is 13.4. The number of carbonyl (C=O) groups is 2. The van der Waals surface area contributed by atoms with Crippen LogP contribution in [0, 0.1) is 11.3 Å². The Morgan fingerprint density at radius 1 is 1.22 bits per heavy atom. The van der Waals surface area contributed by atoms with E-state index in [1.165, 1.54) is 14.2 Å². The molecule has 0 unspecified atom stereocenters. The number of halogens is 1. The Hall–Kier alpha value is -3.76. The number of dihydropyridines is 1. The van der Waals surface area contributed by atoms with Crippen LogP contribution in [0.1, 0.15) is 34.3 Å². The van der Waals surface area contributed by atoms with Crippen LogP contribution >= 0.6 is 11.6 Å². The van der Waals surface area contributed by atoms with E-state index in [-0.39, 0.29) is 28.9 Å². The lowest BCUT2D eigenvalue weighted by Crippen LogP contribution is -2.29. The number of nitrogens with one attached hydrogen (secondary N) is 1. The fraction of sp³-hybridized carbons (Fsp3) is 0.208. The van der Waals surface area contributed by atoms with Crippen LogP contribution in [-0.4, -0.2) is 32.6 Å². The number of hydrogen-bond donors (Lipinski definition) is 1. The Kier molecular flexibility index (Phi) is 5.64. The Morgan fingerprint density at radius 2 is 1.94 bits per heavy atom. The number of benzene rings is 2. The van der Waals surface area contributed by atoms with E-state index in [1.807, 2.05) is 18.2 Å². The SMILES string of the molecule is COC(=O)C1=C(C)NC2=C(C(=O)c3ccccc32)[C@H]1c1cc(Cl)c(OCC#N)c(OC)c1. The van der Waals surface area contributed by atoms with Gasteiger partial charge in [0, 0.05) is 28.3 Å². The Labute approximate surface area is 189 Å². The van der Waals surface area contributed by atoms with Gasteiger partial charge in [0.2, 0.25) is 0 Å². The zero-order valence-corrected chi connectivity index (χ0v) is 18.4. The van der Waals surface area contributed by atoms with Gasteiger partial charge < -0.3 is 19.5 Å². The standard InChI is InChI=1S/C24H19ClN2O5/c1-12-18(24(29)31-3)19(13-10-16(25)23(32-9-8-26)17(11-13)30-2)20-21(27-12)14-6-4-5-7-15(14)22(20)28/h4-7,10-11,19,27H,9H2,1-3H3/t19-/m0/s1. The molecule has 0 aromatic heterocycles. The van der Waals surface area contributed by atoms with Crippen molar-refractivity contribution in [1.29, 1.82) is 5.26 Å². The number of Topliss-reactive ketones (excluding diaryl/α,β-unsaturated/α-hetero) is 1. The highest BCUT2D eigenvalue weighted by molar-refractivity contribution is 6.32. The minimum Gasteiger partial charge on any atom is -0.493 e. The Morgan fingerprint density at radius 3 is 2.59 bits per heavy atom. The molecule has 8 heteroatoms. The first kappa shape index (κ1) is 21.5. The molecule has 7 nitrogen and oxygen atoms in total. The molecule has 1 heterocycles. The summed E-state index contributed by atoms with van der Waals surface area (Å²) in [5.41, 5.74) is 3.85. The second kappa shape index (κ2) is 8.40. The summed E-state index contributed by atoms with van der Waals surface area (Å²) in [5, 5.41) is 12.3. The van der Waals surface area contributed by atoms with Crippen molar-refractivity contribution in [1.82, 2.24) is 5.32 Å². The quantitative estimate of drug-likeness (QED) is 0.687. The third-order valence-electron chi connectivity index (χ3n) is 5.52. The minimum absolute atomic E-state index is 0.179. The number of nitrogens with zero attached hydrogens (tertiary/aromatic N) is 1. The van der Waals surface area contributed by atoms with Gasteiger partial charge in [-0.25, -0.2) is 4.79 Å². The number of methoxy groups -OCH3 is 2. The van der Waals surface area contributed by atoms with Gasteiger partial charge in [0.1, 0.15) is 6.07 Å². The van der Waals surface area contributed by atoms with Gasteiger partial charge in [0.25, 0.3) is 0 Å². The molecule has 32 heavy (non-hydrogen) atoms. The average Bonchev–Trinajstić information content (AvgIpc) is 3.08. The first-order valence-electron chi connectivity index (χ1n) is 9.74. The molecule has 0 saturated heterocycles. The van der Waals surface area contributed by atoms with E-state index in [0.29, 0.717) is 33.7 Å². The average molecular weight is 451 g/mol. The van der Waals surface area contributed by atoms with Crippen LogP contribution in [0.2, 0.25) is 5.02 Å². The lowest BCUT2D eigenvalue weighted by atomic mass is 9.79. The number of hydrogen-bond acceptors (Lipinski definition) is 7. The van der Waals surface area contributed by atoms with Crippen LogP contribution in [0.4, 0.5) is 0 Å². The van der Waals surface area contributed by atoms with Crippen LogP contribution in [-0.2, 0) is 9.53 Å². The molecule has 4 rings (SSSR count). The van der Waals surface area contributed by atoms with E-state index < -0.39 is 11.9 Å². The molecule has 0 amide bonds. The van der Waals surface area contributed by atoms with E-state index in [2.05, 4.69) is 5.32 Å². The van der Waals surface area contributed by atoms with Crippen LogP contribution in [0.15, 0.2) is 53.2 Å². The highest BCUT2D eigenvalue weighted by atomic mass is 35.5. The summed E-state index contributed by atoms with van der Waals surface area (Å²) in [7, 11) is 2.74. The number of esters is 1. The van der Waals surface area contributed by atoms with Crippen molar-refractivity contribution in [2.45, 2.75) is 12.8 Å². The van der Waals surface area contributed by atoms with Crippen LogP contribution in [0.3, 0.4) is 0 Å². The van der Waals surface area contributed by atoms with Crippen molar-refractivity contribution in [2.75, 3.05) is 20.8 Å². The summed E-state index contributed by atoms with van der Waals surface area (Å²) in [6.07, 6.45) is 0. The van der Waals surface area contributed by atoms with Crippen molar-refractivity contribution < 1.29 is 23.8 Å². The molecule has 0 saturated carbocycles. The van der Waals surface area contributed by atoms with Crippen LogP contribution < -0.4 is 14.8 Å². The fourth-order valence-corrected chi connectivity index (χ4v) is 4.47. The monoisotopic (exact) mass is 450 g/mol. The molecule has 0 spiro atoms. The first-order valence-corrected chi connectivity index (χ1v) is 10.1. The number of ketones is 1. The van der Waals surface area contributed by atoms with E-state index in [9.17, 15) is 9.59 Å². The predicted octanol–water partition coefficient (Wildman–Crippen LogP) is 3.99. The van der Waals surface area contributed by atoms with Crippen molar-refractivity contribution in [3.63, 3.8) is 0 Å². The molecule has 1 aliphatic heterocycles. The van der Waals surface area contributed by atoms with Gasteiger partial charge in [0.15, 0.2) is 23.9 Å². The maximum Gasteiger partial charge on any atom is 0.336 e. The van der Waals surface area contributed by atoms with Gasteiger partial charge in [-0.3, -0.25) is 4.79 Å². The number of nitriles is 1. The van der Waals surface area contributed by atoms with Crippen LogP contribution in [0.25, 0.3) is 5.70 Å². The van der Waals surface area contributed by atoms with Gasteiger partial charge >= 0.3 is 5.97 Å². The highest BCUT2D eigenvalue weighted by Crippen LogP contribution is 2.49. The summed E-state index contributed by atoms with van der Waals surface area (Å²) >= 11 is 6.47. The normalized spacial score (nSPS) is 16.7. The largest absolute Gasteiger partial charge is 0.493 e. The smallest absolute Gasteiger partial charge is 0.336 e. The molecule has 2 aromatic carbocycles. The number of allylic oxidation sites excluding steroid dienone is 2. The molecule has 2 aliphatic rings. The lowest BCUT2D eigenvalue weighted by Gasteiger charge is -2.29. The number of carbonyl (C=O) groups excluding carboxylic acids is 2.